The first-order chi connectivity index (χ1) is 24.3. The Morgan fingerprint density at radius 1 is 0.635 bits per heavy atom. The highest BCUT2D eigenvalue weighted by Gasteiger charge is 2.60. The van der Waals surface area contributed by atoms with Gasteiger partial charge in [0.05, 0.1) is 24.6 Å². The molecular weight excluding hydrogens is 692 g/mol. The van der Waals surface area contributed by atoms with Crippen molar-refractivity contribution in [2.75, 3.05) is 20.8 Å². The van der Waals surface area contributed by atoms with Crippen LogP contribution in [0.2, 0.25) is 0 Å². The molecule has 0 unspecified atom stereocenters. The fourth-order valence-electron chi connectivity index (χ4n) is 8.21. The Morgan fingerprint density at radius 2 is 1.04 bits per heavy atom. The lowest BCUT2D eigenvalue weighted by Gasteiger charge is -2.32. The van der Waals surface area contributed by atoms with Crippen LogP contribution in [0.4, 0.5) is 0 Å². The van der Waals surface area contributed by atoms with E-state index < -0.39 is 133 Å². The lowest BCUT2D eigenvalue weighted by Crippen LogP contribution is -2.55. The summed E-state index contributed by atoms with van der Waals surface area (Å²) in [6.45, 7) is 10.7. The van der Waals surface area contributed by atoms with Crippen LogP contribution in [0.15, 0.2) is 0 Å². The minimum absolute atomic E-state index is 0.174. The first-order valence-corrected chi connectivity index (χ1v) is 17.7. The third-order valence-corrected chi connectivity index (χ3v) is 10.1. The monoisotopic (exact) mass is 746 g/mol. The van der Waals surface area contributed by atoms with Crippen LogP contribution < -0.4 is 22.1 Å². The van der Waals surface area contributed by atoms with Gasteiger partial charge in [0.25, 0.3) is 0 Å². The highest BCUT2D eigenvalue weighted by atomic mass is 16.8. The molecule has 2 amide bonds. The standard InChI is InChI=1S/C33H54N4O15/c1-31(2)47-23-16(12-34)44-20(24(23)48-31)13(35)9-17(38)36-14(21-25-27(29(42-7)45-21)51-32(3,4)49-25)10-18(39)37-15(11-19(40)41)22-26-28(30(43-8)46-22)52-33(5,6)50-26/h13-16,20-30H,9-12,34-35H2,1-8H3,(H,36,38)(H,37,39)(H,40,41)/t13-,14+,15-,16-,20-,21-,22-,23-,24+,25+,26+,27+,28+,29+,30+/m1/s1. The molecule has 15 atom stereocenters. The molecular formula is C33H54N4O15. The minimum Gasteiger partial charge on any atom is -0.481 e. The molecule has 0 bridgehead atoms. The van der Waals surface area contributed by atoms with E-state index >= 15 is 0 Å². The first-order valence-electron chi connectivity index (χ1n) is 17.7. The number of nitrogens with one attached hydrogen (secondary N) is 2. The Labute approximate surface area is 302 Å². The first kappa shape index (κ1) is 39.6. The summed E-state index contributed by atoms with van der Waals surface area (Å²) < 4.78 is 65.6. The van der Waals surface area contributed by atoms with Crippen LogP contribution in [0.5, 0.6) is 0 Å². The van der Waals surface area contributed by atoms with E-state index in [0.29, 0.717) is 0 Å². The Balaban J connectivity index is 1.19. The highest BCUT2D eigenvalue weighted by Crippen LogP contribution is 2.43. The zero-order valence-corrected chi connectivity index (χ0v) is 30.8. The molecule has 7 N–H and O–H groups in total. The maximum absolute atomic E-state index is 13.9. The maximum atomic E-state index is 13.9. The molecule has 19 nitrogen and oxygen atoms in total. The van der Waals surface area contributed by atoms with E-state index in [4.69, 9.17) is 63.6 Å². The molecule has 0 aromatic rings. The van der Waals surface area contributed by atoms with Gasteiger partial charge in [-0.25, -0.2) is 0 Å². The Morgan fingerprint density at radius 3 is 1.48 bits per heavy atom. The summed E-state index contributed by atoms with van der Waals surface area (Å²) in [5.41, 5.74) is 12.5. The zero-order chi connectivity index (χ0) is 37.9. The third kappa shape index (κ3) is 8.12. The van der Waals surface area contributed by atoms with Crippen molar-refractivity contribution in [1.29, 1.82) is 0 Å². The van der Waals surface area contributed by atoms with Crippen LogP contribution in [-0.2, 0) is 66.5 Å². The molecule has 6 fully saturated rings. The summed E-state index contributed by atoms with van der Waals surface area (Å²) in [6.07, 6.45) is -9.56. The molecule has 6 saturated heterocycles. The van der Waals surface area contributed by atoms with Gasteiger partial charge in [-0.2, -0.15) is 0 Å². The third-order valence-electron chi connectivity index (χ3n) is 10.1. The van der Waals surface area contributed by atoms with Crippen LogP contribution >= 0.6 is 0 Å². The van der Waals surface area contributed by atoms with Crippen molar-refractivity contribution < 1.29 is 71.6 Å². The van der Waals surface area contributed by atoms with Gasteiger partial charge in [-0.05, 0) is 41.5 Å². The van der Waals surface area contributed by atoms with Gasteiger partial charge in [-0.3, -0.25) is 14.4 Å². The van der Waals surface area contributed by atoms with Crippen molar-refractivity contribution in [1.82, 2.24) is 10.6 Å². The molecule has 52 heavy (non-hydrogen) atoms. The highest BCUT2D eigenvalue weighted by molar-refractivity contribution is 5.81. The average molecular weight is 747 g/mol. The van der Waals surface area contributed by atoms with Crippen molar-refractivity contribution in [2.24, 2.45) is 11.5 Å². The van der Waals surface area contributed by atoms with Gasteiger partial charge < -0.3 is 79.3 Å². The molecule has 0 aromatic carbocycles. The number of methoxy groups -OCH3 is 2. The number of carbonyl (C=O) groups excluding carboxylic acids is 2. The second-order valence-electron chi connectivity index (χ2n) is 15.5. The number of amides is 2. The van der Waals surface area contributed by atoms with Crippen LogP contribution in [0.1, 0.15) is 60.8 Å². The van der Waals surface area contributed by atoms with E-state index in [1.807, 2.05) is 0 Å². The second kappa shape index (κ2) is 14.9. The summed E-state index contributed by atoms with van der Waals surface area (Å²) in [7, 11) is 2.89. The Hall–Kier alpha value is -2.11. The van der Waals surface area contributed by atoms with Gasteiger partial charge in [0.2, 0.25) is 11.8 Å². The molecule has 6 heterocycles. The van der Waals surface area contributed by atoms with Gasteiger partial charge in [-0.15, -0.1) is 0 Å². The van der Waals surface area contributed by atoms with Crippen LogP contribution in [0.3, 0.4) is 0 Å². The van der Waals surface area contributed by atoms with Crippen LogP contribution in [-0.4, -0.2) is 153 Å². The van der Waals surface area contributed by atoms with E-state index in [2.05, 4.69) is 10.6 Å². The number of nitrogens with two attached hydrogens (primary N) is 2. The minimum atomic E-state index is -1.18. The lowest BCUT2D eigenvalue weighted by atomic mass is 9.97. The van der Waals surface area contributed by atoms with Crippen LogP contribution in [0, 0.1) is 0 Å². The molecule has 0 radical (unpaired) electrons. The molecule has 6 rings (SSSR count). The number of hydrogen-bond acceptors (Lipinski definition) is 16. The Kier molecular flexibility index (Phi) is 11.3. The largest absolute Gasteiger partial charge is 0.481 e. The van der Waals surface area contributed by atoms with E-state index in [-0.39, 0.29) is 19.4 Å². The van der Waals surface area contributed by atoms with Gasteiger partial charge in [0.15, 0.2) is 29.9 Å². The number of hydrogen-bond donors (Lipinski definition) is 5. The van der Waals surface area contributed by atoms with Crippen molar-refractivity contribution in [3.8, 4) is 0 Å². The smallest absolute Gasteiger partial charge is 0.305 e. The van der Waals surface area contributed by atoms with Crippen LogP contribution in [0.25, 0.3) is 0 Å². The van der Waals surface area contributed by atoms with Gasteiger partial charge >= 0.3 is 5.97 Å². The van der Waals surface area contributed by atoms with Crippen molar-refractivity contribution >= 4 is 17.8 Å². The molecule has 0 aromatic heterocycles. The van der Waals surface area contributed by atoms with Gasteiger partial charge in [0.1, 0.15) is 54.9 Å². The number of ether oxygens (including phenoxy) is 11. The average Bonchev–Trinajstić information content (AvgIpc) is 3.84. The van der Waals surface area contributed by atoms with Crippen molar-refractivity contribution in [2.45, 2.75) is 170 Å². The predicted molar refractivity (Wildman–Crippen MR) is 174 cm³/mol. The quantitative estimate of drug-likeness (QED) is 0.137. The van der Waals surface area contributed by atoms with Gasteiger partial charge in [-0.1, -0.05) is 0 Å². The molecule has 0 aliphatic carbocycles. The SMILES string of the molecule is CO[C@H]1O[C@H]([C@H](CC(=O)N[C@H](CC(=O)O)[C@H]2O[C@H](OC)[C@H]3OC(C)(C)O[C@H]32)NC(=O)C[C@@H](N)[C@H]2O[C@H](CN)[C@H]3OC(C)(C)O[C@@H]23)[C@@H]2OC(C)(C)O[C@H]12. The van der Waals surface area contributed by atoms with Crippen molar-refractivity contribution in [3.63, 3.8) is 0 Å². The Bertz CT molecular complexity index is 1340. The summed E-state index contributed by atoms with van der Waals surface area (Å²) in [5.74, 6) is -5.16. The number of fused-ring (bicyclic) bond motifs is 3. The molecule has 6 aliphatic heterocycles. The van der Waals surface area contributed by atoms with Crippen molar-refractivity contribution in [3.05, 3.63) is 0 Å². The fourth-order valence-corrected chi connectivity index (χ4v) is 8.21. The second-order valence-corrected chi connectivity index (χ2v) is 15.5. The molecule has 0 spiro atoms. The fraction of sp³-hybridized carbons (Fsp3) is 0.909. The number of carboxylic acid groups (broad SMARTS) is 1. The molecule has 19 heteroatoms. The number of rotatable bonds is 14. The maximum Gasteiger partial charge on any atom is 0.305 e. The normalized spacial score (nSPS) is 41.2. The van der Waals surface area contributed by atoms with Gasteiger partial charge in [0, 0.05) is 39.6 Å². The number of carbonyl (C=O) groups is 3. The molecule has 6 aliphatic rings. The number of carboxylic acids is 1. The summed E-state index contributed by atoms with van der Waals surface area (Å²) in [6, 6.07) is -2.90. The summed E-state index contributed by atoms with van der Waals surface area (Å²) in [4.78, 5) is 39.7. The van der Waals surface area contributed by atoms with E-state index in [1.165, 1.54) is 14.2 Å². The topological polar surface area (TPSA) is 249 Å². The zero-order valence-electron chi connectivity index (χ0n) is 30.8. The summed E-state index contributed by atoms with van der Waals surface area (Å²) in [5, 5.41) is 15.5. The van der Waals surface area contributed by atoms with E-state index in [1.54, 1.807) is 41.5 Å². The predicted octanol–water partition coefficient (Wildman–Crippen LogP) is -1.43. The number of aliphatic carboxylic acids is 1. The lowest BCUT2D eigenvalue weighted by molar-refractivity contribution is -0.230. The summed E-state index contributed by atoms with van der Waals surface area (Å²) >= 11 is 0. The molecule has 296 valence electrons. The van der Waals surface area contributed by atoms with E-state index in [9.17, 15) is 19.5 Å². The molecule has 0 saturated carbocycles. The van der Waals surface area contributed by atoms with E-state index in [0.717, 1.165) is 0 Å².